The highest BCUT2D eigenvalue weighted by atomic mass is 79.9. The number of hydrogen-bond acceptors (Lipinski definition) is 3. The lowest BCUT2D eigenvalue weighted by Crippen LogP contribution is -2.05. The molecule has 5 heteroatoms. The molecule has 1 atom stereocenters. The summed E-state index contributed by atoms with van der Waals surface area (Å²) in [5, 5.41) is 0. The molecule has 112 valence electrons. The summed E-state index contributed by atoms with van der Waals surface area (Å²) in [6.07, 6.45) is 0.743. The molecule has 0 heterocycles. The molecule has 21 heavy (non-hydrogen) atoms. The Hall–Kier alpha value is -1.17. The third-order valence-corrected chi connectivity index (χ3v) is 5.44. The maximum Gasteiger partial charge on any atom is 0.119 e. The fourth-order valence-corrected chi connectivity index (χ4v) is 3.78. The van der Waals surface area contributed by atoms with Crippen LogP contribution in [0.5, 0.6) is 5.75 Å². The summed E-state index contributed by atoms with van der Waals surface area (Å²) in [6, 6.07) is 15.3. The van der Waals surface area contributed by atoms with Crippen LogP contribution < -0.4 is 10.5 Å². The second-order valence-electron chi connectivity index (χ2n) is 4.53. The molecule has 0 aromatic heterocycles. The molecule has 0 aliphatic heterocycles. The molecule has 3 nitrogen and oxygen atoms in total. The predicted molar refractivity (Wildman–Crippen MR) is 89.9 cm³/mol. The van der Waals surface area contributed by atoms with E-state index in [1.54, 1.807) is 0 Å². The lowest BCUT2D eigenvalue weighted by Gasteiger charge is -2.07. The zero-order chi connectivity index (χ0) is 15.1. The van der Waals surface area contributed by atoms with Gasteiger partial charge in [0.15, 0.2) is 0 Å². The van der Waals surface area contributed by atoms with Crippen molar-refractivity contribution in [3.8, 4) is 5.75 Å². The van der Waals surface area contributed by atoms with Crippen molar-refractivity contribution in [2.75, 3.05) is 12.4 Å². The first-order chi connectivity index (χ1) is 10.2. The third kappa shape index (κ3) is 4.95. The molecule has 0 aliphatic carbocycles. The Morgan fingerprint density at radius 2 is 1.81 bits per heavy atom. The molecule has 0 radical (unpaired) electrons. The third-order valence-electron chi connectivity index (χ3n) is 2.98. The van der Waals surface area contributed by atoms with Crippen LogP contribution in [0.1, 0.15) is 12.0 Å². The lowest BCUT2D eigenvalue weighted by molar-refractivity contribution is 0.318. The van der Waals surface area contributed by atoms with E-state index in [0.717, 1.165) is 27.1 Å². The molecule has 2 aromatic carbocycles. The quantitative estimate of drug-likeness (QED) is 0.762. The number of benzene rings is 2. The number of rotatable bonds is 7. The van der Waals surface area contributed by atoms with Gasteiger partial charge in [-0.05, 0) is 52.2 Å². The number of hydrogen-bond donors (Lipinski definition) is 1. The van der Waals surface area contributed by atoms with Crippen LogP contribution in [0.25, 0.3) is 0 Å². The van der Waals surface area contributed by atoms with E-state index in [0.29, 0.717) is 18.9 Å². The molecular weight excluding hydrogens is 350 g/mol. The van der Waals surface area contributed by atoms with Gasteiger partial charge >= 0.3 is 0 Å². The lowest BCUT2D eigenvalue weighted by atomic mass is 10.2. The van der Waals surface area contributed by atoms with Crippen molar-refractivity contribution in [2.24, 2.45) is 5.73 Å². The van der Waals surface area contributed by atoms with Gasteiger partial charge in [0.25, 0.3) is 0 Å². The van der Waals surface area contributed by atoms with Gasteiger partial charge in [0, 0.05) is 16.8 Å². The molecular formula is C16H18BrNO2S. The summed E-state index contributed by atoms with van der Waals surface area (Å²) >= 11 is 3.42. The van der Waals surface area contributed by atoms with Gasteiger partial charge in [0.2, 0.25) is 0 Å². The Morgan fingerprint density at radius 1 is 1.10 bits per heavy atom. The number of halogens is 1. The summed E-state index contributed by atoms with van der Waals surface area (Å²) < 4.78 is 18.7. The molecule has 0 saturated carbocycles. The van der Waals surface area contributed by atoms with E-state index in [2.05, 4.69) is 15.9 Å². The first-order valence-electron chi connectivity index (χ1n) is 6.75. The fraction of sp³-hybridized carbons (Fsp3) is 0.250. The Balaban J connectivity index is 1.76. The van der Waals surface area contributed by atoms with Crippen molar-refractivity contribution in [1.29, 1.82) is 0 Å². The van der Waals surface area contributed by atoms with Gasteiger partial charge in [0.05, 0.1) is 22.3 Å². The van der Waals surface area contributed by atoms with Crippen molar-refractivity contribution in [3.05, 3.63) is 58.6 Å². The minimum absolute atomic E-state index is 0.533. The number of ether oxygens (including phenoxy) is 1. The van der Waals surface area contributed by atoms with Gasteiger partial charge in [-0.2, -0.15) is 0 Å². The molecule has 0 fully saturated rings. The Labute approximate surface area is 136 Å². The highest BCUT2D eigenvalue weighted by Gasteiger charge is 2.07. The van der Waals surface area contributed by atoms with Crippen molar-refractivity contribution in [3.63, 3.8) is 0 Å². The van der Waals surface area contributed by atoms with E-state index >= 15 is 0 Å². The Morgan fingerprint density at radius 3 is 2.48 bits per heavy atom. The largest absolute Gasteiger partial charge is 0.494 e. The zero-order valence-electron chi connectivity index (χ0n) is 11.6. The van der Waals surface area contributed by atoms with E-state index in [4.69, 9.17) is 10.5 Å². The van der Waals surface area contributed by atoms with E-state index in [1.165, 1.54) is 0 Å². The molecule has 0 amide bonds. The molecule has 2 aromatic rings. The van der Waals surface area contributed by atoms with Gasteiger partial charge < -0.3 is 10.5 Å². The monoisotopic (exact) mass is 367 g/mol. The number of nitrogens with two attached hydrogens (primary N) is 1. The van der Waals surface area contributed by atoms with Crippen molar-refractivity contribution in [1.82, 2.24) is 0 Å². The Kier molecular flexibility index (Phi) is 6.42. The van der Waals surface area contributed by atoms with Crippen molar-refractivity contribution >= 4 is 26.7 Å². The average molecular weight is 368 g/mol. The van der Waals surface area contributed by atoms with Crippen LogP contribution in [0, 0.1) is 0 Å². The van der Waals surface area contributed by atoms with Crippen LogP contribution in [-0.4, -0.2) is 16.6 Å². The maximum atomic E-state index is 12.2. The van der Waals surface area contributed by atoms with Gasteiger partial charge in [-0.25, -0.2) is 0 Å². The summed E-state index contributed by atoms with van der Waals surface area (Å²) in [5.74, 6) is 1.41. The van der Waals surface area contributed by atoms with Gasteiger partial charge in [-0.1, -0.05) is 24.3 Å². The average Bonchev–Trinajstić information content (AvgIpc) is 2.52. The standard InChI is InChI=1S/C16H18BrNO2S/c17-15-4-1-2-5-16(15)21(19)11-3-10-20-14-8-6-13(12-18)7-9-14/h1-2,4-9H,3,10-12,18H2. The highest BCUT2D eigenvalue weighted by Crippen LogP contribution is 2.20. The van der Waals surface area contributed by atoms with E-state index < -0.39 is 10.8 Å². The fourth-order valence-electron chi connectivity index (χ4n) is 1.84. The van der Waals surface area contributed by atoms with Crippen molar-refractivity contribution < 1.29 is 8.95 Å². The smallest absolute Gasteiger partial charge is 0.119 e. The van der Waals surface area contributed by atoms with Crippen LogP contribution in [-0.2, 0) is 17.3 Å². The molecule has 2 rings (SSSR count). The topological polar surface area (TPSA) is 52.3 Å². The maximum absolute atomic E-state index is 12.2. The molecule has 0 spiro atoms. The van der Waals surface area contributed by atoms with E-state index in [-0.39, 0.29) is 0 Å². The first-order valence-corrected chi connectivity index (χ1v) is 8.86. The van der Waals surface area contributed by atoms with Crippen LogP contribution in [0.2, 0.25) is 0 Å². The Bertz CT molecular complexity index is 601. The SMILES string of the molecule is NCc1ccc(OCCCS(=O)c2ccccc2Br)cc1. The summed E-state index contributed by atoms with van der Waals surface area (Å²) in [4.78, 5) is 0.838. The normalized spacial score (nSPS) is 12.1. The van der Waals surface area contributed by atoms with Crippen LogP contribution in [0.3, 0.4) is 0 Å². The highest BCUT2D eigenvalue weighted by molar-refractivity contribution is 9.10. The summed E-state index contributed by atoms with van der Waals surface area (Å²) in [7, 11) is -1.00. The first kappa shape index (κ1) is 16.2. The molecule has 0 bridgehead atoms. The van der Waals surface area contributed by atoms with E-state index in [1.807, 2.05) is 48.5 Å². The van der Waals surface area contributed by atoms with Crippen molar-refractivity contribution in [2.45, 2.75) is 17.9 Å². The van der Waals surface area contributed by atoms with Crippen LogP contribution >= 0.6 is 15.9 Å². The molecule has 0 saturated heterocycles. The minimum atomic E-state index is -1.00. The summed E-state index contributed by atoms with van der Waals surface area (Å²) in [6.45, 7) is 1.09. The zero-order valence-corrected chi connectivity index (χ0v) is 14.0. The van der Waals surface area contributed by atoms with Gasteiger partial charge in [-0.15, -0.1) is 0 Å². The second-order valence-corrected chi connectivity index (χ2v) is 6.92. The molecule has 0 aliphatic rings. The van der Waals surface area contributed by atoms with E-state index in [9.17, 15) is 4.21 Å². The predicted octanol–water partition coefficient (Wildman–Crippen LogP) is 3.48. The second kappa shape index (κ2) is 8.32. The molecule has 1 unspecified atom stereocenters. The molecule has 2 N–H and O–H groups in total. The minimum Gasteiger partial charge on any atom is -0.494 e. The van der Waals surface area contributed by atoms with Gasteiger partial charge in [-0.3, -0.25) is 4.21 Å². The van der Waals surface area contributed by atoms with Crippen LogP contribution in [0.15, 0.2) is 57.9 Å². The van der Waals surface area contributed by atoms with Gasteiger partial charge in [0.1, 0.15) is 5.75 Å². The van der Waals surface area contributed by atoms with Crippen LogP contribution in [0.4, 0.5) is 0 Å². The summed E-state index contributed by atoms with van der Waals surface area (Å²) in [5.41, 5.74) is 6.62.